The van der Waals surface area contributed by atoms with Crippen LogP contribution >= 0.6 is 0 Å². The molecule has 2 saturated heterocycles. The van der Waals surface area contributed by atoms with E-state index in [-0.39, 0.29) is 5.54 Å². The molecule has 2 heterocycles. The van der Waals surface area contributed by atoms with E-state index in [4.69, 9.17) is 10.5 Å². The quantitative estimate of drug-likeness (QED) is 0.782. The van der Waals surface area contributed by atoms with E-state index in [1.807, 2.05) is 0 Å². The Kier molecular flexibility index (Phi) is 4.08. The van der Waals surface area contributed by atoms with E-state index in [0.29, 0.717) is 12.1 Å². The first-order chi connectivity index (χ1) is 8.11. The fourth-order valence-electron chi connectivity index (χ4n) is 3.34. The Hall–Kier alpha value is -0.160. The number of likely N-dealkylation sites (N-methyl/N-ethyl adjacent to an activating group) is 1. The molecule has 0 saturated carbocycles. The summed E-state index contributed by atoms with van der Waals surface area (Å²) >= 11 is 0. The van der Waals surface area contributed by atoms with Gasteiger partial charge in [0.25, 0.3) is 0 Å². The predicted octanol–water partition coefficient (Wildman–Crippen LogP) is 0.519. The summed E-state index contributed by atoms with van der Waals surface area (Å²) in [5.41, 5.74) is 6.30. The summed E-state index contributed by atoms with van der Waals surface area (Å²) in [6, 6.07) is 0.543. The summed E-state index contributed by atoms with van der Waals surface area (Å²) in [5.74, 6) is 0. The van der Waals surface area contributed by atoms with Gasteiger partial charge in [0.1, 0.15) is 0 Å². The van der Waals surface area contributed by atoms with Crippen molar-refractivity contribution in [2.75, 3.05) is 39.8 Å². The van der Waals surface area contributed by atoms with Gasteiger partial charge in [0.2, 0.25) is 0 Å². The minimum absolute atomic E-state index is 0.188. The minimum Gasteiger partial charge on any atom is -0.376 e. The molecule has 4 nitrogen and oxygen atoms in total. The molecule has 0 aromatic carbocycles. The molecule has 4 heteroatoms. The minimum atomic E-state index is 0.188. The van der Waals surface area contributed by atoms with Gasteiger partial charge in [-0.2, -0.15) is 0 Å². The molecule has 2 fully saturated rings. The van der Waals surface area contributed by atoms with E-state index in [0.717, 1.165) is 32.7 Å². The zero-order chi connectivity index (χ0) is 12.5. The van der Waals surface area contributed by atoms with Crippen molar-refractivity contribution in [1.82, 2.24) is 9.80 Å². The Bertz CT molecular complexity index is 261. The van der Waals surface area contributed by atoms with Gasteiger partial charge in [-0.25, -0.2) is 0 Å². The Balaban J connectivity index is 2.15. The zero-order valence-corrected chi connectivity index (χ0v) is 11.5. The van der Waals surface area contributed by atoms with E-state index in [2.05, 4.69) is 30.7 Å². The molecule has 17 heavy (non-hydrogen) atoms. The molecule has 3 atom stereocenters. The first kappa shape index (κ1) is 13.3. The molecule has 0 amide bonds. The highest BCUT2D eigenvalue weighted by molar-refractivity contribution is 5.02. The Labute approximate surface area is 105 Å². The van der Waals surface area contributed by atoms with Gasteiger partial charge in [-0.15, -0.1) is 0 Å². The molecule has 2 N–H and O–H groups in total. The molecule has 0 radical (unpaired) electrons. The molecule has 0 aromatic rings. The van der Waals surface area contributed by atoms with Crippen LogP contribution in [0.25, 0.3) is 0 Å². The number of nitrogens with two attached hydrogens (primary N) is 1. The molecule has 0 aromatic heterocycles. The Morgan fingerprint density at radius 3 is 2.76 bits per heavy atom. The highest BCUT2D eigenvalue weighted by atomic mass is 16.5. The standard InChI is InChI=1S/C13H27N3O/c1-4-12-8-17-11(2)7-16(12)13(9-14)5-6-15(3)10-13/h11-12H,4-10,14H2,1-3H3. The van der Waals surface area contributed by atoms with Crippen LogP contribution in [0.5, 0.6) is 0 Å². The van der Waals surface area contributed by atoms with Gasteiger partial charge < -0.3 is 15.4 Å². The van der Waals surface area contributed by atoms with Gasteiger partial charge in [0.15, 0.2) is 0 Å². The summed E-state index contributed by atoms with van der Waals surface area (Å²) in [5, 5.41) is 0. The third-order valence-corrected chi connectivity index (χ3v) is 4.45. The number of likely N-dealkylation sites (tertiary alicyclic amines) is 1. The molecule has 2 aliphatic heterocycles. The second-order valence-electron chi connectivity index (χ2n) is 5.77. The van der Waals surface area contributed by atoms with E-state index in [1.54, 1.807) is 0 Å². The molecular formula is C13H27N3O. The molecule has 0 aliphatic carbocycles. The second-order valence-corrected chi connectivity index (χ2v) is 5.77. The number of morpholine rings is 1. The van der Waals surface area contributed by atoms with Crippen LogP contribution in [-0.2, 0) is 4.74 Å². The van der Waals surface area contributed by atoms with Crippen molar-refractivity contribution in [2.45, 2.75) is 44.4 Å². The van der Waals surface area contributed by atoms with Crippen LogP contribution in [0.3, 0.4) is 0 Å². The van der Waals surface area contributed by atoms with Gasteiger partial charge in [0.05, 0.1) is 12.7 Å². The normalized spacial score (nSPS) is 40.9. The highest BCUT2D eigenvalue weighted by Gasteiger charge is 2.45. The summed E-state index contributed by atoms with van der Waals surface area (Å²) in [6.45, 7) is 9.35. The highest BCUT2D eigenvalue weighted by Crippen LogP contribution is 2.31. The molecule has 2 rings (SSSR count). The average Bonchev–Trinajstić information content (AvgIpc) is 2.72. The molecule has 3 unspecified atom stereocenters. The summed E-state index contributed by atoms with van der Waals surface area (Å²) in [6.07, 6.45) is 2.69. The fraction of sp³-hybridized carbons (Fsp3) is 1.00. The topological polar surface area (TPSA) is 41.7 Å². The lowest BCUT2D eigenvalue weighted by atomic mass is 9.92. The number of hydrogen-bond acceptors (Lipinski definition) is 4. The lowest BCUT2D eigenvalue weighted by Gasteiger charge is -2.49. The molecule has 0 bridgehead atoms. The zero-order valence-electron chi connectivity index (χ0n) is 11.5. The van der Waals surface area contributed by atoms with Crippen molar-refractivity contribution >= 4 is 0 Å². The van der Waals surface area contributed by atoms with Crippen molar-refractivity contribution in [3.63, 3.8) is 0 Å². The third-order valence-electron chi connectivity index (χ3n) is 4.45. The largest absolute Gasteiger partial charge is 0.376 e. The lowest BCUT2D eigenvalue weighted by Crippen LogP contribution is -2.64. The van der Waals surface area contributed by atoms with Gasteiger partial charge in [0, 0.05) is 31.2 Å². The van der Waals surface area contributed by atoms with Crippen LogP contribution in [-0.4, -0.2) is 67.3 Å². The van der Waals surface area contributed by atoms with Crippen LogP contribution < -0.4 is 5.73 Å². The van der Waals surface area contributed by atoms with Gasteiger partial charge >= 0.3 is 0 Å². The van der Waals surface area contributed by atoms with Crippen LogP contribution in [0, 0.1) is 0 Å². The van der Waals surface area contributed by atoms with Gasteiger partial charge in [-0.05, 0) is 33.4 Å². The summed E-state index contributed by atoms with van der Waals surface area (Å²) < 4.78 is 5.79. The molecular weight excluding hydrogens is 214 g/mol. The van der Waals surface area contributed by atoms with Gasteiger partial charge in [-0.1, -0.05) is 6.92 Å². The average molecular weight is 241 g/mol. The maximum Gasteiger partial charge on any atom is 0.0675 e. The third kappa shape index (κ3) is 2.50. The van der Waals surface area contributed by atoms with Crippen LogP contribution in [0.1, 0.15) is 26.7 Å². The SMILES string of the molecule is CCC1COC(C)CN1C1(CN)CCN(C)C1. The van der Waals surface area contributed by atoms with Crippen LogP contribution in [0.15, 0.2) is 0 Å². The maximum absolute atomic E-state index is 6.12. The smallest absolute Gasteiger partial charge is 0.0675 e. The molecule has 0 spiro atoms. The van der Waals surface area contributed by atoms with Crippen molar-refractivity contribution < 1.29 is 4.74 Å². The predicted molar refractivity (Wildman–Crippen MR) is 70.1 cm³/mol. The number of rotatable bonds is 3. The maximum atomic E-state index is 6.12. The van der Waals surface area contributed by atoms with Gasteiger partial charge in [-0.3, -0.25) is 4.90 Å². The summed E-state index contributed by atoms with van der Waals surface area (Å²) in [4.78, 5) is 5.05. The first-order valence-electron chi connectivity index (χ1n) is 6.88. The second kappa shape index (κ2) is 5.22. The van der Waals surface area contributed by atoms with Crippen LogP contribution in [0.2, 0.25) is 0 Å². The number of nitrogens with zero attached hydrogens (tertiary/aromatic N) is 2. The van der Waals surface area contributed by atoms with Crippen molar-refractivity contribution in [2.24, 2.45) is 5.73 Å². The summed E-state index contributed by atoms with van der Waals surface area (Å²) in [7, 11) is 2.20. The van der Waals surface area contributed by atoms with E-state index in [1.165, 1.54) is 13.0 Å². The monoisotopic (exact) mass is 241 g/mol. The Morgan fingerprint density at radius 2 is 2.24 bits per heavy atom. The van der Waals surface area contributed by atoms with Crippen molar-refractivity contribution in [1.29, 1.82) is 0 Å². The molecule has 2 aliphatic rings. The first-order valence-corrected chi connectivity index (χ1v) is 6.88. The number of ether oxygens (including phenoxy) is 1. The van der Waals surface area contributed by atoms with Crippen molar-refractivity contribution in [3.8, 4) is 0 Å². The molecule has 100 valence electrons. The van der Waals surface area contributed by atoms with Crippen molar-refractivity contribution in [3.05, 3.63) is 0 Å². The fourth-order valence-corrected chi connectivity index (χ4v) is 3.34. The lowest BCUT2D eigenvalue weighted by molar-refractivity contribution is -0.0958. The van der Waals surface area contributed by atoms with E-state index >= 15 is 0 Å². The van der Waals surface area contributed by atoms with Crippen LogP contribution in [0.4, 0.5) is 0 Å². The van der Waals surface area contributed by atoms with E-state index < -0.39 is 0 Å². The van der Waals surface area contributed by atoms with E-state index in [9.17, 15) is 0 Å². The Morgan fingerprint density at radius 1 is 1.47 bits per heavy atom. The number of hydrogen-bond donors (Lipinski definition) is 1.